The highest BCUT2D eigenvalue weighted by Crippen LogP contribution is 2.30. The summed E-state index contributed by atoms with van der Waals surface area (Å²) in [5, 5.41) is 0. The third-order valence-corrected chi connectivity index (χ3v) is 4.45. The molecule has 0 aromatic heterocycles. The van der Waals surface area contributed by atoms with Gasteiger partial charge in [0.25, 0.3) is 9.03 Å². The van der Waals surface area contributed by atoms with E-state index in [-0.39, 0.29) is 9.03 Å². The van der Waals surface area contributed by atoms with E-state index in [4.69, 9.17) is 9.05 Å². The molecule has 0 fully saturated rings. The molecule has 23 heavy (non-hydrogen) atoms. The van der Waals surface area contributed by atoms with Gasteiger partial charge < -0.3 is 9.05 Å². The molecule has 0 radical (unpaired) electrons. The molecular weight excluding hydrogens is 303 g/mol. The lowest BCUT2D eigenvalue weighted by molar-refractivity contribution is 0.506. The first-order valence-corrected chi connectivity index (χ1v) is 9.41. The molecule has 0 aliphatic rings. The number of hydrogen-bond acceptors (Lipinski definition) is 2. The van der Waals surface area contributed by atoms with E-state index < -0.39 is 0 Å². The molecule has 0 N–H and O–H groups in total. The SMILES string of the molecule is CCCCc1ccccc1OPOc1ccccc1CCCC. The number of para-hydroxylation sites is 2. The summed E-state index contributed by atoms with van der Waals surface area (Å²) in [6, 6.07) is 16.5. The summed E-state index contributed by atoms with van der Waals surface area (Å²) in [6.07, 6.45) is 6.87. The first-order valence-electron chi connectivity index (χ1n) is 8.59. The van der Waals surface area contributed by atoms with Gasteiger partial charge in [-0.3, -0.25) is 0 Å². The second-order valence-corrected chi connectivity index (χ2v) is 6.28. The van der Waals surface area contributed by atoms with Gasteiger partial charge in [0, 0.05) is 0 Å². The summed E-state index contributed by atoms with van der Waals surface area (Å²) in [5.41, 5.74) is 2.54. The smallest absolute Gasteiger partial charge is 0.275 e. The molecular formula is C20H27O2P. The summed E-state index contributed by atoms with van der Waals surface area (Å²) in [4.78, 5) is 0. The van der Waals surface area contributed by atoms with Crippen LogP contribution < -0.4 is 9.05 Å². The Hall–Kier alpha value is -1.53. The van der Waals surface area contributed by atoms with Gasteiger partial charge in [-0.25, -0.2) is 0 Å². The number of hydrogen-bond donors (Lipinski definition) is 0. The number of unbranched alkanes of at least 4 members (excludes halogenated alkanes) is 2. The minimum atomic E-state index is -0.00993. The quantitative estimate of drug-likeness (QED) is 0.473. The fourth-order valence-electron chi connectivity index (χ4n) is 2.46. The fourth-order valence-corrected chi connectivity index (χ4v) is 3.08. The average Bonchev–Trinajstić information content (AvgIpc) is 2.60. The molecule has 0 saturated carbocycles. The van der Waals surface area contributed by atoms with Gasteiger partial charge in [-0.15, -0.1) is 0 Å². The van der Waals surface area contributed by atoms with Crippen LogP contribution in [0.2, 0.25) is 0 Å². The van der Waals surface area contributed by atoms with Crippen molar-refractivity contribution in [1.29, 1.82) is 0 Å². The van der Waals surface area contributed by atoms with Crippen LogP contribution in [0.4, 0.5) is 0 Å². The highest BCUT2D eigenvalue weighted by molar-refractivity contribution is 7.27. The van der Waals surface area contributed by atoms with E-state index in [2.05, 4.69) is 38.1 Å². The van der Waals surface area contributed by atoms with Crippen molar-refractivity contribution in [3.8, 4) is 11.5 Å². The molecule has 0 bridgehead atoms. The van der Waals surface area contributed by atoms with Crippen molar-refractivity contribution in [3.63, 3.8) is 0 Å². The van der Waals surface area contributed by atoms with Crippen molar-refractivity contribution < 1.29 is 9.05 Å². The van der Waals surface area contributed by atoms with Crippen LogP contribution in [-0.2, 0) is 12.8 Å². The average molecular weight is 330 g/mol. The fraction of sp³-hybridized carbons (Fsp3) is 0.400. The Bertz CT molecular complexity index is 532. The summed E-state index contributed by atoms with van der Waals surface area (Å²) in [7, 11) is -0.00993. The van der Waals surface area contributed by atoms with Crippen molar-refractivity contribution in [2.75, 3.05) is 0 Å². The van der Waals surface area contributed by atoms with Gasteiger partial charge >= 0.3 is 0 Å². The Morgan fingerprint density at radius 1 is 0.696 bits per heavy atom. The van der Waals surface area contributed by atoms with E-state index in [1.54, 1.807) is 0 Å². The van der Waals surface area contributed by atoms with Crippen molar-refractivity contribution in [1.82, 2.24) is 0 Å². The van der Waals surface area contributed by atoms with Crippen LogP contribution in [0.15, 0.2) is 48.5 Å². The largest absolute Gasteiger partial charge is 0.440 e. The molecule has 2 nitrogen and oxygen atoms in total. The molecule has 0 spiro atoms. The molecule has 0 heterocycles. The molecule has 2 rings (SSSR count). The number of rotatable bonds is 10. The molecule has 0 aliphatic heterocycles. The topological polar surface area (TPSA) is 18.5 Å². The maximum atomic E-state index is 5.90. The third-order valence-electron chi connectivity index (χ3n) is 3.85. The zero-order chi connectivity index (χ0) is 16.3. The van der Waals surface area contributed by atoms with Crippen LogP contribution >= 0.6 is 9.03 Å². The van der Waals surface area contributed by atoms with Gasteiger partial charge in [-0.2, -0.15) is 0 Å². The van der Waals surface area contributed by atoms with Crippen molar-refractivity contribution >= 4 is 9.03 Å². The zero-order valence-electron chi connectivity index (χ0n) is 14.2. The Balaban J connectivity index is 1.92. The van der Waals surface area contributed by atoms with E-state index >= 15 is 0 Å². The Labute approximate surface area is 142 Å². The van der Waals surface area contributed by atoms with Crippen molar-refractivity contribution in [3.05, 3.63) is 59.7 Å². The van der Waals surface area contributed by atoms with Crippen LogP contribution in [0.5, 0.6) is 11.5 Å². The molecule has 3 heteroatoms. The maximum absolute atomic E-state index is 5.90. The van der Waals surface area contributed by atoms with Crippen LogP contribution in [0, 0.1) is 0 Å². The predicted octanol–water partition coefficient (Wildman–Crippen LogP) is 6.34. The summed E-state index contributed by atoms with van der Waals surface area (Å²) >= 11 is 0. The zero-order valence-corrected chi connectivity index (χ0v) is 15.2. The molecule has 124 valence electrons. The van der Waals surface area contributed by atoms with Gasteiger partial charge in [0.15, 0.2) is 0 Å². The Morgan fingerprint density at radius 3 is 1.57 bits per heavy atom. The monoisotopic (exact) mass is 330 g/mol. The van der Waals surface area contributed by atoms with Crippen LogP contribution in [0.25, 0.3) is 0 Å². The standard InChI is InChI=1S/C20H27O2P/c1-3-5-11-17-13-7-9-15-19(17)21-23-22-20-16-10-8-14-18(20)12-6-4-2/h7-10,13-16,23H,3-6,11-12H2,1-2H3. The summed E-state index contributed by atoms with van der Waals surface area (Å²) in [5.74, 6) is 1.90. The third kappa shape index (κ3) is 5.88. The first kappa shape index (κ1) is 17.8. The van der Waals surface area contributed by atoms with Gasteiger partial charge in [0.2, 0.25) is 0 Å². The lowest BCUT2D eigenvalue weighted by Gasteiger charge is -2.13. The van der Waals surface area contributed by atoms with Gasteiger partial charge in [0.05, 0.1) is 0 Å². The lowest BCUT2D eigenvalue weighted by atomic mass is 10.1. The number of aryl methyl sites for hydroxylation is 2. The van der Waals surface area contributed by atoms with Crippen molar-refractivity contribution in [2.45, 2.75) is 52.4 Å². The first-order chi connectivity index (χ1) is 11.3. The Kier molecular flexibility index (Phi) is 7.97. The van der Waals surface area contributed by atoms with Gasteiger partial charge in [0.1, 0.15) is 11.5 Å². The van der Waals surface area contributed by atoms with Crippen LogP contribution in [-0.4, -0.2) is 0 Å². The van der Waals surface area contributed by atoms with E-state index in [1.165, 1.54) is 36.8 Å². The van der Waals surface area contributed by atoms with E-state index in [1.807, 2.05) is 24.3 Å². The summed E-state index contributed by atoms with van der Waals surface area (Å²) in [6.45, 7) is 4.42. The predicted molar refractivity (Wildman–Crippen MR) is 99.7 cm³/mol. The van der Waals surface area contributed by atoms with Crippen LogP contribution in [0.3, 0.4) is 0 Å². The molecule has 0 saturated heterocycles. The minimum absolute atomic E-state index is 0.00993. The maximum Gasteiger partial charge on any atom is 0.275 e. The summed E-state index contributed by atoms with van der Waals surface area (Å²) < 4.78 is 11.8. The van der Waals surface area contributed by atoms with E-state index in [0.29, 0.717) is 0 Å². The van der Waals surface area contributed by atoms with Gasteiger partial charge in [-0.05, 0) is 48.9 Å². The second-order valence-electron chi connectivity index (χ2n) is 5.71. The molecule has 2 aromatic carbocycles. The lowest BCUT2D eigenvalue weighted by Crippen LogP contribution is -1.94. The molecule has 0 unspecified atom stereocenters. The highest BCUT2D eigenvalue weighted by Gasteiger charge is 2.06. The van der Waals surface area contributed by atoms with Gasteiger partial charge in [-0.1, -0.05) is 63.1 Å². The van der Waals surface area contributed by atoms with E-state index in [9.17, 15) is 0 Å². The molecule has 0 aliphatic carbocycles. The molecule has 2 aromatic rings. The second kappa shape index (κ2) is 10.3. The molecule has 0 atom stereocenters. The normalized spacial score (nSPS) is 10.5. The minimum Gasteiger partial charge on any atom is -0.440 e. The Morgan fingerprint density at radius 2 is 1.13 bits per heavy atom. The number of benzene rings is 2. The molecule has 0 amide bonds. The van der Waals surface area contributed by atoms with E-state index in [0.717, 1.165) is 24.3 Å². The highest BCUT2D eigenvalue weighted by atomic mass is 31.1. The van der Waals surface area contributed by atoms with Crippen molar-refractivity contribution in [2.24, 2.45) is 0 Å². The van der Waals surface area contributed by atoms with Crippen LogP contribution in [0.1, 0.15) is 50.7 Å².